The summed E-state index contributed by atoms with van der Waals surface area (Å²) < 4.78 is 18.6. The van der Waals surface area contributed by atoms with Crippen LogP contribution in [-0.4, -0.2) is 34.8 Å². The van der Waals surface area contributed by atoms with Crippen molar-refractivity contribution in [3.63, 3.8) is 0 Å². The van der Waals surface area contributed by atoms with Gasteiger partial charge in [-0.2, -0.15) is 0 Å². The topological polar surface area (TPSA) is 49.8 Å². The zero-order valence-electron chi connectivity index (χ0n) is 13.7. The first kappa shape index (κ1) is 18.0. The van der Waals surface area contributed by atoms with Crippen molar-refractivity contribution in [1.29, 1.82) is 0 Å². The number of nitrogens with zero attached hydrogens (tertiary/aromatic N) is 1. The minimum atomic E-state index is -0.793. The smallest absolute Gasteiger partial charge is 0.410 e. The molecule has 1 fully saturated rings. The summed E-state index contributed by atoms with van der Waals surface area (Å²) >= 11 is 5.78. The molecule has 0 bridgehead atoms. The molecule has 1 heterocycles. The van der Waals surface area contributed by atoms with Gasteiger partial charge in [0.1, 0.15) is 11.4 Å². The third kappa shape index (κ3) is 4.82. The van der Waals surface area contributed by atoms with Crippen molar-refractivity contribution in [2.75, 3.05) is 13.1 Å². The van der Waals surface area contributed by atoms with E-state index in [1.807, 2.05) is 20.8 Å². The third-order valence-corrected chi connectivity index (χ3v) is 4.13. The molecule has 0 saturated carbocycles. The van der Waals surface area contributed by atoms with Gasteiger partial charge in [0.2, 0.25) is 0 Å². The van der Waals surface area contributed by atoms with Crippen LogP contribution >= 0.6 is 11.6 Å². The lowest BCUT2D eigenvalue weighted by atomic mass is 9.88. The number of rotatable bonds is 2. The molecule has 1 aromatic rings. The zero-order chi connectivity index (χ0) is 17.2. The fraction of sp³-hybridized carbons (Fsp3) is 0.588. The largest absolute Gasteiger partial charge is 0.444 e. The van der Waals surface area contributed by atoms with E-state index in [4.69, 9.17) is 16.3 Å². The van der Waals surface area contributed by atoms with Crippen molar-refractivity contribution < 1.29 is 19.0 Å². The van der Waals surface area contributed by atoms with Gasteiger partial charge in [0.15, 0.2) is 0 Å². The Morgan fingerprint density at radius 2 is 2.17 bits per heavy atom. The fourth-order valence-corrected chi connectivity index (χ4v) is 2.92. The second kappa shape index (κ2) is 7.05. The number of piperidine rings is 1. The van der Waals surface area contributed by atoms with Crippen LogP contribution in [0.3, 0.4) is 0 Å². The average molecular weight is 344 g/mol. The van der Waals surface area contributed by atoms with E-state index in [1.54, 1.807) is 4.90 Å². The van der Waals surface area contributed by atoms with Crippen LogP contribution in [0.2, 0.25) is 5.02 Å². The number of hydrogen-bond acceptors (Lipinski definition) is 3. The molecule has 1 N–H and O–H groups in total. The van der Waals surface area contributed by atoms with Gasteiger partial charge in [-0.3, -0.25) is 0 Å². The predicted molar refractivity (Wildman–Crippen MR) is 86.9 cm³/mol. The van der Waals surface area contributed by atoms with Crippen LogP contribution < -0.4 is 0 Å². The van der Waals surface area contributed by atoms with Crippen LogP contribution in [-0.2, 0) is 4.74 Å². The Hall–Kier alpha value is -1.33. The number of halogens is 2. The molecule has 6 heteroatoms. The maximum Gasteiger partial charge on any atom is 0.410 e. The molecule has 2 rings (SSSR count). The van der Waals surface area contributed by atoms with Crippen LogP contribution in [0.4, 0.5) is 9.18 Å². The molecule has 0 aliphatic carbocycles. The number of carbonyl (C=O) groups excluding carboxylic acids is 1. The number of hydrogen-bond donors (Lipinski definition) is 1. The molecule has 0 radical (unpaired) electrons. The fourth-order valence-electron chi connectivity index (χ4n) is 2.73. The van der Waals surface area contributed by atoms with Gasteiger partial charge in [-0.15, -0.1) is 0 Å². The van der Waals surface area contributed by atoms with E-state index in [0.717, 1.165) is 12.8 Å². The first-order valence-electron chi connectivity index (χ1n) is 7.78. The molecule has 1 aliphatic rings. The molecule has 1 saturated heterocycles. The highest BCUT2D eigenvalue weighted by Gasteiger charge is 2.31. The summed E-state index contributed by atoms with van der Waals surface area (Å²) in [6, 6.07) is 4.21. The van der Waals surface area contributed by atoms with E-state index >= 15 is 0 Å². The average Bonchev–Trinajstić information content (AvgIpc) is 2.48. The van der Waals surface area contributed by atoms with Gasteiger partial charge in [0.05, 0.1) is 11.1 Å². The molecular weight excluding hydrogens is 321 g/mol. The molecule has 1 aromatic carbocycles. The molecular formula is C17H23ClFNO3. The first-order chi connectivity index (χ1) is 10.7. The van der Waals surface area contributed by atoms with E-state index in [2.05, 4.69) is 0 Å². The molecule has 1 aliphatic heterocycles. The van der Waals surface area contributed by atoms with Gasteiger partial charge in [-0.1, -0.05) is 17.7 Å². The lowest BCUT2D eigenvalue weighted by molar-refractivity contribution is 0.00238. The lowest BCUT2D eigenvalue weighted by Gasteiger charge is -2.36. The minimum Gasteiger partial charge on any atom is -0.444 e. The van der Waals surface area contributed by atoms with Crippen molar-refractivity contribution in [2.24, 2.45) is 5.92 Å². The van der Waals surface area contributed by atoms with Crippen LogP contribution in [0.15, 0.2) is 18.2 Å². The van der Waals surface area contributed by atoms with Crippen molar-refractivity contribution in [3.8, 4) is 0 Å². The Balaban J connectivity index is 2.05. The van der Waals surface area contributed by atoms with E-state index in [0.29, 0.717) is 18.7 Å². The minimum absolute atomic E-state index is 0.0126. The highest BCUT2D eigenvalue weighted by atomic mass is 35.5. The number of benzene rings is 1. The molecule has 2 unspecified atom stereocenters. The maximum absolute atomic E-state index is 13.2. The standard InChI is InChI=1S/C17H23ClFNO3/c1-17(2,3)23-16(22)20-8-4-5-12(10-20)15(21)11-6-7-14(19)13(18)9-11/h6-7,9,12,15,21H,4-5,8,10H2,1-3H3. The summed E-state index contributed by atoms with van der Waals surface area (Å²) in [4.78, 5) is 13.8. The molecule has 23 heavy (non-hydrogen) atoms. The predicted octanol–water partition coefficient (Wildman–Crippen LogP) is 4.16. The van der Waals surface area contributed by atoms with E-state index in [9.17, 15) is 14.3 Å². The Bertz CT molecular complexity index is 573. The molecule has 4 nitrogen and oxygen atoms in total. The van der Waals surface area contributed by atoms with Crippen LogP contribution in [0, 0.1) is 11.7 Å². The van der Waals surface area contributed by atoms with Gasteiger partial charge in [-0.05, 0) is 51.3 Å². The SMILES string of the molecule is CC(C)(C)OC(=O)N1CCCC(C(O)c2ccc(F)c(Cl)c2)C1. The number of ether oxygens (including phenoxy) is 1. The van der Waals surface area contributed by atoms with Crippen LogP contribution in [0.25, 0.3) is 0 Å². The number of likely N-dealkylation sites (tertiary alicyclic amines) is 1. The zero-order valence-corrected chi connectivity index (χ0v) is 14.4. The van der Waals surface area contributed by atoms with Crippen molar-refractivity contribution in [2.45, 2.75) is 45.3 Å². The maximum atomic E-state index is 13.2. The van der Waals surface area contributed by atoms with E-state index in [-0.39, 0.29) is 17.0 Å². The summed E-state index contributed by atoms with van der Waals surface area (Å²) in [5.41, 5.74) is 0.0140. The number of aliphatic hydroxyl groups is 1. The summed E-state index contributed by atoms with van der Waals surface area (Å²) in [6.07, 6.45) is 0.413. The van der Waals surface area contributed by atoms with Crippen LogP contribution in [0.5, 0.6) is 0 Å². The Kier molecular flexibility index (Phi) is 5.53. The van der Waals surface area contributed by atoms with Crippen molar-refractivity contribution in [1.82, 2.24) is 4.90 Å². The monoisotopic (exact) mass is 343 g/mol. The van der Waals surface area contributed by atoms with Crippen molar-refractivity contribution >= 4 is 17.7 Å². The second-order valence-electron chi connectivity index (χ2n) is 6.95. The molecule has 128 valence electrons. The van der Waals surface area contributed by atoms with Gasteiger partial charge < -0.3 is 14.7 Å². The van der Waals surface area contributed by atoms with Gasteiger partial charge >= 0.3 is 6.09 Å². The Morgan fingerprint density at radius 3 is 2.78 bits per heavy atom. The molecule has 0 spiro atoms. The normalized spacial score (nSPS) is 20.3. The van der Waals surface area contributed by atoms with Gasteiger partial charge in [0.25, 0.3) is 0 Å². The summed E-state index contributed by atoms with van der Waals surface area (Å²) in [5.74, 6) is -0.639. The number of carbonyl (C=O) groups is 1. The van der Waals surface area contributed by atoms with Gasteiger partial charge in [-0.25, -0.2) is 9.18 Å². The highest BCUT2D eigenvalue weighted by Crippen LogP contribution is 2.32. The quantitative estimate of drug-likeness (QED) is 0.877. The molecule has 2 atom stereocenters. The third-order valence-electron chi connectivity index (χ3n) is 3.84. The molecule has 0 aromatic heterocycles. The van der Waals surface area contributed by atoms with Crippen molar-refractivity contribution in [3.05, 3.63) is 34.6 Å². The lowest BCUT2D eigenvalue weighted by Crippen LogP contribution is -2.44. The first-order valence-corrected chi connectivity index (χ1v) is 8.16. The summed E-state index contributed by atoms with van der Waals surface area (Å²) in [7, 11) is 0. The van der Waals surface area contributed by atoms with Crippen LogP contribution in [0.1, 0.15) is 45.3 Å². The Labute approximate surface area is 141 Å². The number of amides is 1. The summed E-state index contributed by atoms with van der Waals surface area (Å²) in [6.45, 7) is 6.48. The van der Waals surface area contributed by atoms with E-state index in [1.165, 1.54) is 18.2 Å². The summed E-state index contributed by atoms with van der Waals surface area (Å²) in [5, 5.41) is 10.5. The number of aliphatic hydroxyl groups excluding tert-OH is 1. The molecule has 1 amide bonds. The van der Waals surface area contributed by atoms with E-state index < -0.39 is 17.5 Å². The highest BCUT2D eigenvalue weighted by molar-refractivity contribution is 6.30. The Morgan fingerprint density at radius 1 is 1.48 bits per heavy atom. The second-order valence-corrected chi connectivity index (χ2v) is 7.35. The van der Waals surface area contributed by atoms with Gasteiger partial charge in [0, 0.05) is 19.0 Å².